The lowest BCUT2D eigenvalue weighted by molar-refractivity contribution is -0.140. The van der Waals surface area contributed by atoms with E-state index in [2.05, 4.69) is 10.2 Å². The number of carboxylic acids is 1. The molecule has 3 rings (SSSR count). The Balaban J connectivity index is 1.56. The minimum atomic E-state index is -0.821. The van der Waals surface area contributed by atoms with Crippen LogP contribution in [0.4, 0.5) is 0 Å². The lowest BCUT2D eigenvalue weighted by Crippen LogP contribution is -2.45. The highest BCUT2D eigenvalue weighted by atomic mass is 16.4. The van der Waals surface area contributed by atoms with Crippen LogP contribution in [0, 0.1) is 6.92 Å². The molecule has 2 heterocycles. The number of aryl methyl sites for hydroxylation is 1. The number of piperidine rings is 1. The molecule has 1 aromatic heterocycles. The zero-order valence-corrected chi connectivity index (χ0v) is 13.9. The Bertz CT molecular complexity index is 661. The summed E-state index contributed by atoms with van der Waals surface area (Å²) >= 11 is 0. The van der Waals surface area contributed by atoms with E-state index in [1.54, 1.807) is 6.26 Å². The first-order chi connectivity index (χ1) is 11.6. The zero-order chi connectivity index (χ0) is 16.9. The van der Waals surface area contributed by atoms with Gasteiger partial charge in [-0.2, -0.15) is 0 Å². The lowest BCUT2D eigenvalue weighted by Gasteiger charge is -2.33. The van der Waals surface area contributed by atoms with Gasteiger partial charge in [0.05, 0.1) is 12.8 Å². The number of furan rings is 1. The normalized spacial score (nSPS) is 17.7. The molecule has 24 heavy (non-hydrogen) atoms. The van der Waals surface area contributed by atoms with E-state index < -0.39 is 12.0 Å². The van der Waals surface area contributed by atoms with Crippen LogP contribution in [-0.4, -0.2) is 35.1 Å². The molecule has 1 saturated heterocycles. The largest absolute Gasteiger partial charge is 0.480 e. The molecule has 2 aromatic rings. The van der Waals surface area contributed by atoms with E-state index >= 15 is 0 Å². The molecule has 1 aromatic carbocycles. The minimum Gasteiger partial charge on any atom is -0.480 e. The number of hydrogen-bond donors (Lipinski definition) is 2. The molecule has 0 amide bonds. The Morgan fingerprint density at radius 2 is 2.12 bits per heavy atom. The Labute approximate surface area is 142 Å². The standard InChI is InChI=1S/C19H24N2O3/c1-14-4-2-5-15(12-14)18(19(22)23)20-16-7-9-21(10-8-16)13-17-6-3-11-24-17/h2-6,11-12,16,18,20H,7-10,13H2,1H3,(H,22,23). The summed E-state index contributed by atoms with van der Waals surface area (Å²) in [6.45, 7) is 4.69. The van der Waals surface area contributed by atoms with Gasteiger partial charge in [-0.15, -0.1) is 0 Å². The molecule has 0 bridgehead atoms. The second-order valence-electron chi connectivity index (χ2n) is 6.48. The van der Waals surface area contributed by atoms with Crippen molar-refractivity contribution in [2.75, 3.05) is 13.1 Å². The number of nitrogens with zero attached hydrogens (tertiary/aromatic N) is 1. The van der Waals surface area contributed by atoms with Gasteiger partial charge >= 0.3 is 5.97 Å². The van der Waals surface area contributed by atoms with Gasteiger partial charge in [-0.25, -0.2) is 0 Å². The van der Waals surface area contributed by atoms with E-state index in [0.717, 1.165) is 49.4 Å². The summed E-state index contributed by atoms with van der Waals surface area (Å²) in [6.07, 6.45) is 3.58. The summed E-state index contributed by atoms with van der Waals surface area (Å²) in [5, 5.41) is 12.9. The molecule has 1 aliphatic heterocycles. The van der Waals surface area contributed by atoms with Crippen molar-refractivity contribution in [1.29, 1.82) is 0 Å². The van der Waals surface area contributed by atoms with E-state index in [4.69, 9.17) is 4.42 Å². The summed E-state index contributed by atoms with van der Waals surface area (Å²) in [5.41, 5.74) is 1.90. The predicted octanol–water partition coefficient (Wildman–Crippen LogP) is 2.97. The van der Waals surface area contributed by atoms with Crippen LogP contribution in [0.1, 0.15) is 35.8 Å². The number of nitrogens with one attached hydrogen (secondary N) is 1. The van der Waals surface area contributed by atoms with E-state index in [9.17, 15) is 9.90 Å². The molecule has 5 nitrogen and oxygen atoms in total. The maximum Gasteiger partial charge on any atom is 0.325 e. The number of hydrogen-bond acceptors (Lipinski definition) is 4. The van der Waals surface area contributed by atoms with E-state index in [1.165, 1.54) is 0 Å². The molecule has 1 atom stereocenters. The van der Waals surface area contributed by atoms with Crippen LogP contribution < -0.4 is 5.32 Å². The van der Waals surface area contributed by atoms with Crippen LogP contribution in [0.15, 0.2) is 47.1 Å². The van der Waals surface area contributed by atoms with Crippen LogP contribution in [0.25, 0.3) is 0 Å². The van der Waals surface area contributed by atoms with Gasteiger partial charge in [-0.3, -0.25) is 15.0 Å². The van der Waals surface area contributed by atoms with Crippen LogP contribution >= 0.6 is 0 Å². The number of benzene rings is 1. The fourth-order valence-electron chi connectivity index (χ4n) is 3.28. The highest BCUT2D eigenvalue weighted by molar-refractivity contribution is 5.75. The lowest BCUT2D eigenvalue weighted by atomic mass is 9.99. The molecule has 1 unspecified atom stereocenters. The molecule has 0 radical (unpaired) electrons. The van der Waals surface area contributed by atoms with Crippen LogP contribution in [-0.2, 0) is 11.3 Å². The molecule has 128 valence electrons. The van der Waals surface area contributed by atoms with E-state index in [0.29, 0.717) is 0 Å². The molecule has 5 heteroatoms. The monoisotopic (exact) mass is 328 g/mol. The predicted molar refractivity (Wildman–Crippen MR) is 91.7 cm³/mol. The third-order valence-corrected chi connectivity index (χ3v) is 4.57. The summed E-state index contributed by atoms with van der Waals surface area (Å²) in [5.74, 6) is 0.156. The molecule has 1 aliphatic rings. The smallest absolute Gasteiger partial charge is 0.325 e. The average Bonchev–Trinajstić information content (AvgIpc) is 3.07. The Kier molecular flexibility index (Phi) is 5.33. The number of likely N-dealkylation sites (tertiary alicyclic amines) is 1. The second kappa shape index (κ2) is 7.64. The number of carboxylic acid groups (broad SMARTS) is 1. The van der Waals surface area contributed by atoms with Gasteiger partial charge in [0.1, 0.15) is 11.8 Å². The summed E-state index contributed by atoms with van der Waals surface area (Å²) < 4.78 is 5.39. The maximum atomic E-state index is 11.7. The number of aliphatic carboxylic acids is 1. The van der Waals surface area contributed by atoms with Crippen molar-refractivity contribution in [2.45, 2.75) is 38.4 Å². The van der Waals surface area contributed by atoms with Gasteiger partial charge < -0.3 is 9.52 Å². The van der Waals surface area contributed by atoms with Gasteiger partial charge in [0.15, 0.2) is 0 Å². The number of rotatable bonds is 6. The SMILES string of the molecule is Cc1cccc(C(NC2CCN(Cc3ccco3)CC2)C(=O)O)c1. The van der Waals surface area contributed by atoms with Crippen LogP contribution in [0.5, 0.6) is 0 Å². The van der Waals surface area contributed by atoms with Crippen molar-refractivity contribution in [2.24, 2.45) is 0 Å². The quantitative estimate of drug-likeness (QED) is 0.853. The topological polar surface area (TPSA) is 65.7 Å². The molecule has 0 aliphatic carbocycles. The Morgan fingerprint density at radius 1 is 1.33 bits per heavy atom. The molecule has 1 fully saturated rings. The van der Waals surface area contributed by atoms with Gasteiger partial charge in [0.25, 0.3) is 0 Å². The molecule has 0 spiro atoms. The number of carbonyl (C=O) groups is 1. The van der Waals surface area contributed by atoms with Crippen molar-refractivity contribution in [3.05, 3.63) is 59.5 Å². The first-order valence-corrected chi connectivity index (χ1v) is 8.42. The second-order valence-corrected chi connectivity index (χ2v) is 6.48. The van der Waals surface area contributed by atoms with Gasteiger partial charge in [-0.1, -0.05) is 29.8 Å². The van der Waals surface area contributed by atoms with Crippen molar-refractivity contribution < 1.29 is 14.3 Å². The van der Waals surface area contributed by atoms with Crippen molar-refractivity contribution in [3.63, 3.8) is 0 Å². The van der Waals surface area contributed by atoms with Crippen molar-refractivity contribution >= 4 is 5.97 Å². The zero-order valence-electron chi connectivity index (χ0n) is 13.9. The van der Waals surface area contributed by atoms with Gasteiger partial charge in [-0.05, 0) is 37.5 Å². The van der Waals surface area contributed by atoms with Crippen molar-refractivity contribution in [3.8, 4) is 0 Å². The third kappa shape index (κ3) is 4.24. The molecular weight excluding hydrogens is 304 g/mol. The fourth-order valence-corrected chi connectivity index (χ4v) is 3.28. The van der Waals surface area contributed by atoms with Crippen LogP contribution in [0.3, 0.4) is 0 Å². The van der Waals surface area contributed by atoms with Gasteiger partial charge in [0, 0.05) is 19.1 Å². The first kappa shape index (κ1) is 16.7. The van der Waals surface area contributed by atoms with E-state index in [-0.39, 0.29) is 6.04 Å². The fraction of sp³-hybridized carbons (Fsp3) is 0.421. The third-order valence-electron chi connectivity index (χ3n) is 4.57. The molecule has 0 saturated carbocycles. The first-order valence-electron chi connectivity index (χ1n) is 8.42. The van der Waals surface area contributed by atoms with Crippen LogP contribution in [0.2, 0.25) is 0 Å². The Hall–Kier alpha value is -2.11. The average molecular weight is 328 g/mol. The van der Waals surface area contributed by atoms with Gasteiger partial charge in [0.2, 0.25) is 0 Å². The summed E-state index contributed by atoms with van der Waals surface area (Å²) in [4.78, 5) is 14.0. The molecule has 2 N–H and O–H groups in total. The minimum absolute atomic E-state index is 0.222. The van der Waals surface area contributed by atoms with Crippen molar-refractivity contribution in [1.82, 2.24) is 10.2 Å². The van der Waals surface area contributed by atoms with E-state index in [1.807, 2.05) is 43.3 Å². The highest BCUT2D eigenvalue weighted by Crippen LogP contribution is 2.20. The maximum absolute atomic E-state index is 11.7. The summed E-state index contributed by atoms with van der Waals surface area (Å²) in [7, 11) is 0. The highest BCUT2D eigenvalue weighted by Gasteiger charge is 2.26. The Morgan fingerprint density at radius 3 is 2.75 bits per heavy atom. The molecular formula is C19H24N2O3. The summed E-state index contributed by atoms with van der Waals surface area (Å²) in [6, 6.07) is 11.2.